The fourth-order valence-corrected chi connectivity index (χ4v) is 2.06. The summed E-state index contributed by atoms with van der Waals surface area (Å²) in [6, 6.07) is 0. The van der Waals surface area contributed by atoms with Crippen molar-refractivity contribution in [2.45, 2.75) is 57.8 Å². The van der Waals surface area contributed by atoms with Gasteiger partial charge in [-0.2, -0.15) is 0 Å². The topological polar surface area (TPSA) is 34.1 Å². The fraction of sp³-hybridized carbons (Fsp3) is 0.714. The third-order valence-corrected chi connectivity index (χ3v) is 3.06. The Kier molecular flexibility index (Phi) is 6.56. The number of rotatable bonds is 5. The van der Waals surface area contributed by atoms with E-state index in [2.05, 4.69) is 11.8 Å². The maximum Gasteiger partial charge on any atom is 0.208 e. The number of hydrogen-bond acceptors (Lipinski definition) is 2. The standard InChI is InChI=1S/C14H20O2/c15-12-8-3-1-2-7-11-14(16)13-9-5-4-6-10-13/h12-13H,1-6,8-10H2. The van der Waals surface area contributed by atoms with Crippen molar-refractivity contribution in [3.05, 3.63) is 0 Å². The van der Waals surface area contributed by atoms with Crippen molar-refractivity contribution >= 4 is 12.1 Å². The maximum atomic E-state index is 11.7. The summed E-state index contributed by atoms with van der Waals surface area (Å²) in [5, 5.41) is 0. The lowest BCUT2D eigenvalue weighted by Crippen LogP contribution is -2.15. The average molecular weight is 220 g/mol. The molecule has 0 aliphatic heterocycles. The summed E-state index contributed by atoms with van der Waals surface area (Å²) in [5.41, 5.74) is 0. The number of carbonyl (C=O) groups excluding carboxylic acids is 2. The van der Waals surface area contributed by atoms with E-state index < -0.39 is 0 Å². The molecule has 1 aliphatic rings. The number of Topliss-reactive ketones (excluding diaryl/α,β-unsaturated/α-hetero) is 1. The Labute approximate surface area is 97.8 Å². The van der Waals surface area contributed by atoms with Crippen molar-refractivity contribution in [3.63, 3.8) is 0 Å². The van der Waals surface area contributed by atoms with E-state index in [1.165, 1.54) is 19.3 Å². The lowest BCUT2D eigenvalue weighted by atomic mass is 9.86. The zero-order valence-electron chi connectivity index (χ0n) is 9.84. The van der Waals surface area contributed by atoms with E-state index in [0.717, 1.165) is 38.4 Å². The van der Waals surface area contributed by atoms with Crippen LogP contribution in [0, 0.1) is 17.8 Å². The van der Waals surface area contributed by atoms with Gasteiger partial charge in [0.05, 0.1) is 0 Å². The summed E-state index contributed by atoms with van der Waals surface area (Å²) in [4.78, 5) is 21.7. The van der Waals surface area contributed by atoms with Gasteiger partial charge in [0.15, 0.2) is 0 Å². The highest BCUT2D eigenvalue weighted by atomic mass is 16.1. The van der Waals surface area contributed by atoms with Crippen LogP contribution in [0.1, 0.15) is 57.8 Å². The molecule has 1 rings (SSSR count). The van der Waals surface area contributed by atoms with Crippen molar-refractivity contribution in [2.75, 3.05) is 0 Å². The van der Waals surface area contributed by atoms with Crippen LogP contribution in [0.3, 0.4) is 0 Å². The highest BCUT2D eigenvalue weighted by molar-refractivity contribution is 5.97. The summed E-state index contributed by atoms with van der Waals surface area (Å²) in [6.07, 6.45) is 9.76. The number of ketones is 1. The van der Waals surface area contributed by atoms with Gasteiger partial charge in [-0.05, 0) is 31.6 Å². The predicted octanol–water partition coefficient (Wildman–Crippen LogP) is 2.90. The van der Waals surface area contributed by atoms with E-state index in [-0.39, 0.29) is 11.7 Å². The molecule has 0 saturated heterocycles. The van der Waals surface area contributed by atoms with E-state index in [4.69, 9.17) is 0 Å². The maximum absolute atomic E-state index is 11.7. The number of aldehydes is 1. The van der Waals surface area contributed by atoms with Gasteiger partial charge in [-0.25, -0.2) is 0 Å². The minimum absolute atomic E-state index is 0.134. The van der Waals surface area contributed by atoms with Crippen molar-refractivity contribution < 1.29 is 9.59 Å². The monoisotopic (exact) mass is 220 g/mol. The minimum atomic E-state index is 0.134. The van der Waals surface area contributed by atoms with Crippen LogP contribution in [-0.2, 0) is 9.59 Å². The van der Waals surface area contributed by atoms with E-state index in [9.17, 15) is 9.59 Å². The number of unbranched alkanes of at least 4 members (excludes halogenated alkanes) is 3. The second-order valence-corrected chi connectivity index (χ2v) is 4.41. The van der Waals surface area contributed by atoms with Crippen molar-refractivity contribution in [2.24, 2.45) is 5.92 Å². The molecule has 1 aliphatic carbocycles. The highest BCUT2D eigenvalue weighted by Gasteiger charge is 2.18. The Morgan fingerprint density at radius 1 is 1.19 bits per heavy atom. The van der Waals surface area contributed by atoms with Gasteiger partial charge in [0, 0.05) is 18.8 Å². The Hall–Kier alpha value is -1.10. The zero-order valence-corrected chi connectivity index (χ0v) is 9.84. The number of carbonyl (C=O) groups is 2. The van der Waals surface area contributed by atoms with Gasteiger partial charge in [0.2, 0.25) is 5.78 Å². The second-order valence-electron chi connectivity index (χ2n) is 4.41. The Morgan fingerprint density at radius 3 is 2.62 bits per heavy atom. The Morgan fingerprint density at radius 2 is 1.94 bits per heavy atom. The third kappa shape index (κ3) is 5.11. The van der Waals surface area contributed by atoms with Crippen LogP contribution in [0.5, 0.6) is 0 Å². The first-order chi connectivity index (χ1) is 7.84. The summed E-state index contributed by atoms with van der Waals surface area (Å²) in [5.74, 6) is 6.02. The molecule has 0 unspecified atom stereocenters. The minimum Gasteiger partial charge on any atom is -0.303 e. The molecule has 0 aromatic heterocycles. The third-order valence-electron chi connectivity index (χ3n) is 3.06. The molecule has 88 valence electrons. The first-order valence-corrected chi connectivity index (χ1v) is 6.31. The van der Waals surface area contributed by atoms with Crippen LogP contribution in [0.2, 0.25) is 0 Å². The van der Waals surface area contributed by atoms with Gasteiger partial charge < -0.3 is 4.79 Å². The molecule has 0 amide bonds. The second kappa shape index (κ2) is 8.10. The quantitative estimate of drug-likeness (QED) is 0.309. The SMILES string of the molecule is O=CCCCCC#CC(=O)C1CCCCC1. The predicted molar refractivity (Wildman–Crippen MR) is 63.9 cm³/mol. The molecule has 0 bridgehead atoms. The summed E-state index contributed by atoms with van der Waals surface area (Å²) in [6.45, 7) is 0. The summed E-state index contributed by atoms with van der Waals surface area (Å²) < 4.78 is 0. The van der Waals surface area contributed by atoms with Crippen molar-refractivity contribution in [3.8, 4) is 11.8 Å². The molecule has 1 fully saturated rings. The van der Waals surface area contributed by atoms with Gasteiger partial charge in [-0.15, -0.1) is 0 Å². The Bertz CT molecular complexity index is 277. The van der Waals surface area contributed by atoms with Crippen LogP contribution in [0.25, 0.3) is 0 Å². The van der Waals surface area contributed by atoms with Gasteiger partial charge in [0.25, 0.3) is 0 Å². The van der Waals surface area contributed by atoms with Gasteiger partial charge >= 0.3 is 0 Å². The number of hydrogen-bond donors (Lipinski definition) is 0. The first kappa shape index (κ1) is 13.0. The lowest BCUT2D eigenvalue weighted by molar-refractivity contribution is -0.118. The molecule has 0 aromatic rings. The molecule has 2 nitrogen and oxygen atoms in total. The first-order valence-electron chi connectivity index (χ1n) is 6.31. The van der Waals surface area contributed by atoms with Gasteiger partial charge in [0.1, 0.15) is 6.29 Å². The smallest absolute Gasteiger partial charge is 0.208 e. The Balaban J connectivity index is 2.16. The summed E-state index contributed by atoms with van der Waals surface area (Å²) in [7, 11) is 0. The molecule has 0 aromatic carbocycles. The molecule has 1 saturated carbocycles. The van der Waals surface area contributed by atoms with Crippen LogP contribution >= 0.6 is 0 Å². The van der Waals surface area contributed by atoms with Crippen molar-refractivity contribution in [1.29, 1.82) is 0 Å². The normalized spacial score (nSPS) is 16.2. The molecule has 16 heavy (non-hydrogen) atoms. The van der Waals surface area contributed by atoms with Crippen LogP contribution in [-0.4, -0.2) is 12.1 Å². The highest BCUT2D eigenvalue weighted by Crippen LogP contribution is 2.23. The van der Waals surface area contributed by atoms with Gasteiger partial charge in [-0.1, -0.05) is 25.2 Å². The molecule has 0 N–H and O–H groups in total. The van der Waals surface area contributed by atoms with E-state index in [1.54, 1.807) is 0 Å². The average Bonchev–Trinajstić information content (AvgIpc) is 2.34. The van der Waals surface area contributed by atoms with Crippen LogP contribution in [0.15, 0.2) is 0 Å². The van der Waals surface area contributed by atoms with Crippen LogP contribution in [0.4, 0.5) is 0 Å². The van der Waals surface area contributed by atoms with Gasteiger partial charge in [-0.3, -0.25) is 4.79 Å². The van der Waals surface area contributed by atoms with E-state index in [1.807, 2.05) is 0 Å². The fourth-order valence-electron chi connectivity index (χ4n) is 2.06. The molecular formula is C14H20O2. The van der Waals surface area contributed by atoms with E-state index in [0.29, 0.717) is 6.42 Å². The molecular weight excluding hydrogens is 200 g/mol. The molecule has 0 heterocycles. The van der Waals surface area contributed by atoms with E-state index >= 15 is 0 Å². The lowest BCUT2D eigenvalue weighted by Gasteiger charge is -2.17. The van der Waals surface area contributed by atoms with Crippen LogP contribution < -0.4 is 0 Å². The zero-order chi connectivity index (χ0) is 11.6. The molecule has 0 atom stereocenters. The molecule has 0 spiro atoms. The molecule has 2 heteroatoms. The largest absolute Gasteiger partial charge is 0.303 e. The van der Waals surface area contributed by atoms with Crippen molar-refractivity contribution in [1.82, 2.24) is 0 Å². The summed E-state index contributed by atoms with van der Waals surface area (Å²) >= 11 is 0. The molecule has 0 radical (unpaired) electrons.